The van der Waals surface area contributed by atoms with E-state index in [1.165, 1.54) is 12.1 Å². The maximum absolute atomic E-state index is 13.2. The zero-order chi connectivity index (χ0) is 16.8. The number of amides is 1. The number of carbonyl (C=O) groups is 1. The van der Waals surface area contributed by atoms with E-state index in [1.807, 2.05) is 5.06 Å². The quantitative estimate of drug-likeness (QED) is 0.863. The van der Waals surface area contributed by atoms with Crippen molar-refractivity contribution in [1.29, 1.82) is 0 Å². The van der Waals surface area contributed by atoms with Gasteiger partial charge >= 0.3 is 0 Å². The molecule has 1 atom stereocenters. The Morgan fingerprint density at radius 2 is 2.08 bits per heavy atom. The van der Waals surface area contributed by atoms with Gasteiger partial charge in [0, 0.05) is 38.1 Å². The Balaban J connectivity index is 1.52. The molecule has 0 aromatic heterocycles. The molecule has 5 nitrogen and oxygen atoms in total. The molecule has 0 bridgehead atoms. The topological polar surface area (TPSA) is 50.8 Å². The van der Waals surface area contributed by atoms with Crippen molar-refractivity contribution in [2.24, 2.45) is 0 Å². The minimum atomic E-state index is -0.259. The van der Waals surface area contributed by atoms with Crippen molar-refractivity contribution in [2.75, 3.05) is 39.5 Å². The smallest absolute Gasteiger partial charge is 0.221 e. The van der Waals surface area contributed by atoms with Crippen LogP contribution in [0.1, 0.15) is 31.2 Å². The third-order valence-corrected chi connectivity index (χ3v) is 4.85. The maximum atomic E-state index is 13.2. The zero-order valence-corrected chi connectivity index (χ0v) is 13.9. The summed E-state index contributed by atoms with van der Waals surface area (Å²) < 4.78 is 18.7. The van der Waals surface area contributed by atoms with Gasteiger partial charge in [-0.1, -0.05) is 12.1 Å². The first-order chi connectivity index (χ1) is 11.7. The highest BCUT2D eigenvalue weighted by molar-refractivity contribution is 5.76. The SMILES string of the molecule is O=C(CCN1CCCCO1)NC[C@]1(c2ccc(F)cc2)CCOC1. The summed E-state index contributed by atoms with van der Waals surface area (Å²) in [4.78, 5) is 17.7. The molecule has 0 unspecified atom stereocenters. The van der Waals surface area contributed by atoms with E-state index in [1.54, 1.807) is 12.1 Å². The van der Waals surface area contributed by atoms with Gasteiger partial charge in [-0.3, -0.25) is 9.63 Å². The lowest BCUT2D eigenvalue weighted by atomic mass is 9.79. The standard InChI is InChI=1S/C18H25FN2O3/c19-16-5-3-15(4-6-16)18(8-12-23-14-18)13-20-17(22)7-10-21-9-1-2-11-24-21/h3-6H,1-2,7-14H2,(H,20,22)/t18-/m1/s1. The third kappa shape index (κ3) is 4.32. The average Bonchev–Trinajstić information content (AvgIpc) is 3.10. The number of hydroxylamine groups is 2. The van der Waals surface area contributed by atoms with Gasteiger partial charge in [0.15, 0.2) is 0 Å². The molecule has 2 aliphatic heterocycles. The van der Waals surface area contributed by atoms with Gasteiger partial charge in [-0.25, -0.2) is 4.39 Å². The zero-order valence-electron chi connectivity index (χ0n) is 13.9. The Morgan fingerprint density at radius 1 is 1.25 bits per heavy atom. The number of nitrogens with zero attached hydrogens (tertiary/aromatic N) is 1. The molecule has 2 aliphatic rings. The summed E-state index contributed by atoms with van der Waals surface area (Å²) in [6.45, 7) is 3.97. The van der Waals surface area contributed by atoms with Crippen LogP contribution in [-0.2, 0) is 19.8 Å². The molecule has 2 fully saturated rings. The minimum absolute atomic E-state index is 0.0116. The van der Waals surface area contributed by atoms with Crippen LogP contribution in [0.15, 0.2) is 24.3 Å². The first kappa shape index (κ1) is 17.3. The summed E-state index contributed by atoms with van der Waals surface area (Å²) in [6.07, 6.45) is 3.45. The van der Waals surface area contributed by atoms with Gasteiger partial charge in [0.1, 0.15) is 5.82 Å². The molecular formula is C18H25FN2O3. The molecule has 1 N–H and O–H groups in total. The number of hydrogen-bond acceptors (Lipinski definition) is 4. The molecule has 1 aromatic rings. The monoisotopic (exact) mass is 336 g/mol. The molecular weight excluding hydrogens is 311 g/mol. The Hall–Kier alpha value is -1.50. The summed E-state index contributed by atoms with van der Waals surface area (Å²) in [5.41, 5.74) is 0.756. The minimum Gasteiger partial charge on any atom is -0.380 e. The fourth-order valence-corrected chi connectivity index (χ4v) is 3.29. The number of nitrogens with one attached hydrogen (secondary N) is 1. The molecule has 2 saturated heterocycles. The summed E-state index contributed by atoms with van der Waals surface area (Å²) in [6, 6.07) is 6.51. The van der Waals surface area contributed by atoms with Crippen LogP contribution in [0.2, 0.25) is 0 Å². The second-order valence-electron chi connectivity index (χ2n) is 6.59. The Kier molecular flexibility index (Phi) is 5.81. The van der Waals surface area contributed by atoms with Crippen LogP contribution in [0.5, 0.6) is 0 Å². The first-order valence-electron chi connectivity index (χ1n) is 8.66. The van der Waals surface area contributed by atoms with E-state index >= 15 is 0 Å². The van der Waals surface area contributed by atoms with Gasteiger partial charge in [-0.2, -0.15) is 5.06 Å². The van der Waals surface area contributed by atoms with Crippen LogP contribution < -0.4 is 5.32 Å². The van der Waals surface area contributed by atoms with E-state index in [2.05, 4.69) is 5.32 Å². The van der Waals surface area contributed by atoms with E-state index < -0.39 is 0 Å². The summed E-state index contributed by atoms with van der Waals surface area (Å²) in [5.74, 6) is -0.240. The largest absolute Gasteiger partial charge is 0.380 e. The molecule has 1 amide bonds. The normalized spacial score (nSPS) is 24.9. The highest BCUT2D eigenvalue weighted by Crippen LogP contribution is 2.32. The van der Waals surface area contributed by atoms with E-state index in [4.69, 9.17) is 9.57 Å². The van der Waals surface area contributed by atoms with Crippen LogP contribution in [0.3, 0.4) is 0 Å². The van der Waals surface area contributed by atoms with Crippen LogP contribution in [-0.4, -0.2) is 50.4 Å². The van der Waals surface area contributed by atoms with Crippen molar-refractivity contribution < 1.29 is 18.8 Å². The van der Waals surface area contributed by atoms with Crippen LogP contribution in [0.25, 0.3) is 0 Å². The summed E-state index contributed by atoms with van der Waals surface area (Å²) >= 11 is 0. The molecule has 1 aromatic carbocycles. The first-order valence-corrected chi connectivity index (χ1v) is 8.66. The molecule has 2 heterocycles. The van der Waals surface area contributed by atoms with E-state index in [0.29, 0.717) is 32.7 Å². The highest BCUT2D eigenvalue weighted by Gasteiger charge is 2.37. The van der Waals surface area contributed by atoms with E-state index in [-0.39, 0.29) is 17.1 Å². The number of ether oxygens (including phenoxy) is 1. The average molecular weight is 336 g/mol. The number of benzene rings is 1. The van der Waals surface area contributed by atoms with Gasteiger partial charge < -0.3 is 10.1 Å². The fourth-order valence-electron chi connectivity index (χ4n) is 3.29. The summed E-state index contributed by atoms with van der Waals surface area (Å²) in [7, 11) is 0. The lowest BCUT2D eigenvalue weighted by Crippen LogP contribution is -2.42. The lowest BCUT2D eigenvalue weighted by molar-refractivity contribution is -0.181. The molecule has 0 aliphatic carbocycles. The molecule has 6 heteroatoms. The van der Waals surface area contributed by atoms with Crippen LogP contribution >= 0.6 is 0 Å². The fraction of sp³-hybridized carbons (Fsp3) is 0.611. The number of hydrogen-bond donors (Lipinski definition) is 1. The second kappa shape index (κ2) is 8.05. The lowest BCUT2D eigenvalue weighted by Gasteiger charge is -2.29. The van der Waals surface area contributed by atoms with Crippen molar-refractivity contribution in [3.63, 3.8) is 0 Å². The van der Waals surface area contributed by atoms with Crippen LogP contribution in [0.4, 0.5) is 4.39 Å². The van der Waals surface area contributed by atoms with Gasteiger partial charge in [-0.05, 0) is 37.0 Å². The number of halogens is 1. The van der Waals surface area contributed by atoms with Crippen molar-refractivity contribution in [1.82, 2.24) is 10.4 Å². The number of carbonyl (C=O) groups excluding carboxylic acids is 1. The van der Waals surface area contributed by atoms with Crippen LogP contribution in [0, 0.1) is 5.82 Å². The molecule has 0 radical (unpaired) electrons. The van der Waals surface area contributed by atoms with Crippen molar-refractivity contribution >= 4 is 5.91 Å². The molecule has 132 valence electrons. The Morgan fingerprint density at radius 3 is 2.75 bits per heavy atom. The molecule has 3 rings (SSSR count). The van der Waals surface area contributed by atoms with E-state index in [9.17, 15) is 9.18 Å². The van der Waals surface area contributed by atoms with Gasteiger partial charge in [0.05, 0.1) is 13.2 Å². The number of rotatable bonds is 6. The Bertz CT molecular complexity index is 538. The van der Waals surface area contributed by atoms with Crippen molar-refractivity contribution in [2.45, 2.75) is 31.1 Å². The predicted molar refractivity (Wildman–Crippen MR) is 87.9 cm³/mol. The van der Waals surface area contributed by atoms with E-state index in [0.717, 1.165) is 38.0 Å². The molecule has 0 spiro atoms. The molecule has 24 heavy (non-hydrogen) atoms. The van der Waals surface area contributed by atoms with Gasteiger partial charge in [0.2, 0.25) is 5.91 Å². The summed E-state index contributed by atoms with van der Waals surface area (Å²) in [5, 5.41) is 4.90. The second-order valence-corrected chi connectivity index (χ2v) is 6.59. The van der Waals surface area contributed by atoms with Crippen molar-refractivity contribution in [3.05, 3.63) is 35.6 Å². The highest BCUT2D eigenvalue weighted by atomic mass is 19.1. The Labute approximate surface area is 142 Å². The third-order valence-electron chi connectivity index (χ3n) is 4.85. The maximum Gasteiger partial charge on any atom is 0.221 e. The predicted octanol–water partition coefficient (Wildman–Crippen LogP) is 2.02. The van der Waals surface area contributed by atoms with Crippen molar-refractivity contribution in [3.8, 4) is 0 Å². The molecule has 0 saturated carbocycles. The van der Waals surface area contributed by atoms with Gasteiger partial charge in [0.25, 0.3) is 0 Å². The van der Waals surface area contributed by atoms with Gasteiger partial charge in [-0.15, -0.1) is 0 Å².